The Bertz CT molecular complexity index is 558. The summed E-state index contributed by atoms with van der Waals surface area (Å²) in [6.45, 7) is -0.273. The number of β-amino-alcohol motifs (C(OH)–C–C–N with tert-alkyl or cyclic N) is 1. The Balaban J connectivity index is 2.39. The molecule has 108 valence electrons. The van der Waals surface area contributed by atoms with Crippen molar-refractivity contribution in [3.63, 3.8) is 0 Å². The van der Waals surface area contributed by atoms with E-state index >= 15 is 0 Å². The fourth-order valence-electron chi connectivity index (χ4n) is 2.16. The molecule has 1 aromatic rings. The maximum atomic E-state index is 13.7. The number of aliphatic carboxylic acids is 1. The van der Waals surface area contributed by atoms with Crippen LogP contribution in [0, 0.1) is 11.6 Å². The van der Waals surface area contributed by atoms with Crippen LogP contribution in [0.1, 0.15) is 16.8 Å². The van der Waals surface area contributed by atoms with Crippen LogP contribution in [0.25, 0.3) is 0 Å². The van der Waals surface area contributed by atoms with Crippen LogP contribution in [-0.2, 0) is 4.79 Å². The summed E-state index contributed by atoms with van der Waals surface area (Å²) in [6, 6.07) is 0.539. The summed E-state index contributed by atoms with van der Waals surface area (Å²) in [6.07, 6.45) is -1.19. The van der Waals surface area contributed by atoms with Gasteiger partial charge in [0.2, 0.25) is 0 Å². The highest BCUT2D eigenvalue weighted by Crippen LogP contribution is 2.25. The molecule has 2 N–H and O–H groups in total. The molecule has 0 radical (unpaired) electrons. The van der Waals surface area contributed by atoms with Crippen molar-refractivity contribution < 1.29 is 28.6 Å². The van der Waals surface area contributed by atoms with Crippen LogP contribution in [-0.4, -0.2) is 45.7 Å². The molecule has 2 rings (SSSR count). The van der Waals surface area contributed by atoms with E-state index in [2.05, 4.69) is 15.9 Å². The van der Waals surface area contributed by atoms with E-state index < -0.39 is 41.2 Å². The zero-order chi connectivity index (χ0) is 15.0. The number of carboxylic acids is 1. The Morgan fingerprint density at radius 2 is 1.85 bits per heavy atom. The average Bonchev–Trinajstić information content (AvgIpc) is 2.70. The highest BCUT2D eigenvalue weighted by molar-refractivity contribution is 9.10. The van der Waals surface area contributed by atoms with Crippen LogP contribution in [0.5, 0.6) is 0 Å². The second-order valence-electron chi connectivity index (χ2n) is 4.45. The van der Waals surface area contributed by atoms with Gasteiger partial charge in [0.15, 0.2) is 0 Å². The van der Waals surface area contributed by atoms with Gasteiger partial charge in [0.25, 0.3) is 5.91 Å². The lowest BCUT2D eigenvalue weighted by molar-refractivity contribution is -0.141. The average molecular weight is 350 g/mol. The minimum absolute atomic E-state index is 0.125. The van der Waals surface area contributed by atoms with Gasteiger partial charge in [-0.2, -0.15) is 0 Å². The van der Waals surface area contributed by atoms with E-state index in [1.54, 1.807) is 0 Å². The van der Waals surface area contributed by atoms with E-state index in [4.69, 9.17) is 5.11 Å². The van der Waals surface area contributed by atoms with Crippen LogP contribution in [0.15, 0.2) is 16.6 Å². The first-order chi connectivity index (χ1) is 9.31. The number of carbonyl (C=O) groups is 2. The molecule has 0 saturated carbocycles. The molecule has 0 aromatic heterocycles. The van der Waals surface area contributed by atoms with Crippen LogP contribution in [0.2, 0.25) is 0 Å². The second kappa shape index (κ2) is 5.45. The number of rotatable bonds is 2. The molecular weight excluding hydrogens is 340 g/mol. The van der Waals surface area contributed by atoms with Crippen molar-refractivity contribution in [2.45, 2.75) is 18.6 Å². The third-order valence-electron chi connectivity index (χ3n) is 3.05. The van der Waals surface area contributed by atoms with E-state index in [1.807, 2.05) is 0 Å². The van der Waals surface area contributed by atoms with E-state index in [-0.39, 0.29) is 17.4 Å². The number of halogens is 3. The molecule has 0 aliphatic carbocycles. The lowest BCUT2D eigenvalue weighted by Crippen LogP contribution is -2.41. The van der Waals surface area contributed by atoms with Gasteiger partial charge in [-0.25, -0.2) is 13.6 Å². The standard InChI is InChI=1S/C12H10BrF2NO4/c13-5-1-7(14)10(8(15)2-5)11(18)16-4-6(17)3-9(16)12(19)20/h1-2,6,9,17H,3-4H2,(H,19,20)/t6-,9-/m1/s1. The first-order valence-electron chi connectivity index (χ1n) is 5.67. The smallest absolute Gasteiger partial charge is 0.326 e. The Kier molecular flexibility index (Phi) is 4.05. The first-order valence-corrected chi connectivity index (χ1v) is 6.47. The number of nitrogens with zero attached hydrogens (tertiary/aromatic N) is 1. The van der Waals surface area contributed by atoms with Gasteiger partial charge in [-0.1, -0.05) is 15.9 Å². The number of likely N-dealkylation sites (tertiary alicyclic amines) is 1. The van der Waals surface area contributed by atoms with Gasteiger partial charge in [0.1, 0.15) is 23.2 Å². The van der Waals surface area contributed by atoms with E-state index in [9.17, 15) is 23.5 Å². The molecule has 1 aliphatic heterocycles. The summed E-state index contributed by atoms with van der Waals surface area (Å²) >= 11 is 2.89. The van der Waals surface area contributed by atoms with Crippen molar-refractivity contribution in [1.82, 2.24) is 4.90 Å². The van der Waals surface area contributed by atoms with Gasteiger partial charge >= 0.3 is 5.97 Å². The van der Waals surface area contributed by atoms with Crippen molar-refractivity contribution >= 4 is 27.8 Å². The van der Waals surface area contributed by atoms with Crippen molar-refractivity contribution in [3.05, 3.63) is 33.8 Å². The molecule has 1 heterocycles. The number of carboxylic acid groups (broad SMARTS) is 1. The molecule has 0 unspecified atom stereocenters. The lowest BCUT2D eigenvalue weighted by Gasteiger charge is -2.21. The van der Waals surface area contributed by atoms with E-state index in [0.29, 0.717) is 0 Å². The Labute approximate surface area is 120 Å². The maximum Gasteiger partial charge on any atom is 0.326 e. The minimum Gasteiger partial charge on any atom is -0.480 e. The van der Waals surface area contributed by atoms with Gasteiger partial charge in [0.05, 0.1) is 6.10 Å². The number of carbonyl (C=O) groups excluding carboxylic acids is 1. The molecule has 1 amide bonds. The van der Waals surface area contributed by atoms with Gasteiger partial charge < -0.3 is 15.1 Å². The van der Waals surface area contributed by atoms with Gasteiger partial charge in [0, 0.05) is 17.4 Å². The van der Waals surface area contributed by atoms with Gasteiger partial charge in [-0.05, 0) is 12.1 Å². The van der Waals surface area contributed by atoms with Crippen molar-refractivity contribution in [1.29, 1.82) is 0 Å². The molecule has 5 nitrogen and oxygen atoms in total. The summed E-state index contributed by atoms with van der Waals surface area (Å²) in [7, 11) is 0. The van der Waals surface area contributed by atoms with Gasteiger partial charge in [-0.3, -0.25) is 4.79 Å². The normalized spacial score (nSPS) is 22.1. The summed E-state index contributed by atoms with van der Waals surface area (Å²) in [5.74, 6) is -4.59. The number of aliphatic hydroxyl groups excluding tert-OH is 1. The van der Waals surface area contributed by atoms with Crippen LogP contribution < -0.4 is 0 Å². The van der Waals surface area contributed by atoms with Crippen LogP contribution in [0.3, 0.4) is 0 Å². The molecule has 1 aromatic carbocycles. The largest absolute Gasteiger partial charge is 0.480 e. The van der Waals surface area contributed by atoms with Crippen molar-refractivity contribution in [3.8, 4) is 0 Å². The molecular formula is C12H10BrF2NO4. The molecule has 1 fully saturated rings. The molecule has 0 spiro atoms. The Morgan fingerprint density at radius 3 is 2.35 bits per heavy atom. The molecule has 1 saturated heterocycles. The maximum absolute atomic E-state index is 13.7. The molecule has 8 heteroatoms. The number of hydrogen-bond acceptors (Lipinski definition) is 3. The molecule has 20 heavy (non-hydrogen) atoms. The Hall–Kier alpha value is -1.54. The van der Waals surface area contributed by atoms with Crippen molar-refractivity contribution in [2.24, 2.45) is 0 Å². The quantitative estimate of drug-likeness (QED) is 0.845. The van der Waals surface area contributed by atoms with Crippen LogP contribution >= 0.6 is 15.9 Å². The zero-order valence-corrected chi connectivity index (χ0v) is 11.6. The third-order valence-corrected chi connectivity index (χ3v) is 3.50. The first kappa shape index (κ1) is 14.9. The summed E-state index contributed by atoms with van der Waals surface area (Å²) < 4.78 is 27.6. The fraction of sp³-hybridized carbons (Fsp3) is 0.333. The predicted molar refractivity (Wildman–Crippen MR) is 67.1 cm³/mol. The summed E-state index contributed by atoms with van der Waals surface area (Å²) in [5, 5.41) is 18.4. The second-order valence-corrected chi connectivity index (χ2v) is 5.36. The highest BCUT2D eigenvalue weighted by atomic mass is 79.9. The molecule has 0 bridgehead atoms. The van der Waals surface area contributed by atoms with Gasteiger partial charge in [-0.15, -0.1) is 0 Å². The highest BCUT2D eigenvalue weighted by Gasteiger charge is 2.40. The van der Waals surface area contributed by atoms with Crippen molar-refractivity contribution in [2.75, 3.05) is 6.54 Å². The SMILES string of the molecule is O=C(O)[C@H]1C[C@@H](O)CN1C(=O)c1c(F)cc(Br)cc1F. The zero-order valence-electron chi connectivity index (χ0n) is 10.0. The van der Waals surface area contributed by atoms with E-state index in [1.165, 1.54) is 0 Å². The Morgan fingerprint density at radius 1 is 1.30 bits per heavy atom. The van der Waals surface area contributed by atoms with Crippen LogP contribution in [0.4, 0.5) is 8.78 Å². The minimum atomic E-state index is -1.33. The summed E-state index contributed by atoms with van der Waals surface area (Å²) in [4.78, 5) is 23.9. The summed E-state index contributed by atoms with van der Waals surface area (Å²) in [5.41, 5.74) is -0.825. The number of aliphatic hydroxyl groups is 1. The fourth-order valence-corrected chi connectivity index (χ4v) is 2.56. The third kappa shape index (κ3) is 2.66. The number of hydrogen-bond donors (Lipinski definition) is 2. The predicted octanol–water partition coefficient (Wildman–Crippen LogP) is 1.39. The number of benzene rings is 1. The van der Waals surface area contributed by atoms with E-state index in [0.717, 1.165) is 17.0 Å². The topological polar surface area (TPSA) is 77.8 Å². The molecule has 1 aliphatic rings. The molecule has 2 atom stereocenters. The number of amides is 1. The lowest BCUT2D eigenvalue weighted by atomic mass is 10.1. The monoisotopic (exact) mass is 349 g/mol.